The Labute approximate surface area is 157 Å². The van der Waals surface area contributed by atoms with Crippen molar-refractivity contribution >= 4 is 34.3 Å². The first kappa shape index (κ1) is 18.5. The van der Waals surface area contributed by atoms with Crippen LogP contribution in [-0.2, 0) is 0 Å². The number of nitrogens with zero attached hydrogens (tertiary/aromatic N) is 3. The summed E-state index contributed by atoms with van der Waals surface area (Å²) in [6.07, 6.45) is 1.22. The fraction of sp³-hybridized carbons (Fsp3) is 0. The van der Waals surface area contributed by atoms with Gasteiger partial charge in [-0.05, 0) is 16.8 Å². The predicted molar refractivity (Wildman–Crippen MR) is 100 cm³/mol. The first-order valence-electron chi connectivity index (χ1n) is 7.85. The number of nitro groups is 2. The van der Waals surface area contributed by atoms with Crippen molar-refractivity contribution in [3.63, 3.8) is 0 Å². The molecule has 0 unspecified atom stereocenters. The van der Waals surface area contributed by atoms with E-state index in [-0.39, 0.29) is 11.3 Å². The van der Waals surface area contributed by atoms with Crippen LogP contribution < -0.4 is 5.43 Å². The number of nitro benzene ring substituents is 2. The second-order valence-corrected chi connectivity index (χ2v) is 5.67. The highest BCUT2D eigenvalue weighted by molar-refractivity contribution is 6.03. The van der Waals surface area contributed by atoms with Crippen molar-refractivity contribution < 1.29 is 19.7 Å². The van der Waals surface area contributed by atoms with Gasteiger partial charge >= 0.3 is 0 Å². The lowest BCUT2D eigenvalue weighted by atomic mass is 10.0. The van der Waals surface area contributed by atoms with Gasteiger partial charge in [-0.15, -0.1) is 0 Å². The lowest BCUT2D eigenvalue weighted by molar-refractivity contribution is -0.394. The van der Waals surface area contributed by atoms with Crippen molar-refractivity contribution in [2.45, 2.75) is 0 Å². The zero-order chi connectivity index (χ0) is 20.3. The quantitative estimate of drug-likeness (QED) is 0.395. The molecule has 0 spiro atoms. The molecule has 1 amide bonds. The van der Waals surface area contributed by atoms with E-state index in [0.29, 0.717) is 10.9 Å². The van der Waals surface area contributed by atoms with E-state index in [1.807, 2.05) is 12.1 Å². The van der Waals surface area contributed by atoms with Crippen molar-refractivity contribution in [3.8, 4) is 5.75 Å². The van der Waals surface area contributed by atoms with Gasteiger partial charge in [0.25, 0.3) is 17.3 Å². The molecule has 0 aliphatic carbocycles. The third kappa shape index (κ3) is 3.75. The van der Waals surface area contributed by atoms with E-state index in [2.05, 4.69) is 10.5 Å². The lowest BCUT2D eigenvalue weighted by Crippen LogP contribution is -2.18. The third-order valence-electron chi connectivity index (χ3n) is 3.89. The molecule has 2 N–H and O–H groups in total. The lowest BCUT2D eigenvalue weighted by Gasteiger charge is -2.05. The van der Waals surface area contributed by atoms with Gasteiger partial charge in [-0.1, -0.05) is 30.3 Å². The molecule has 0 aliphatic heterocycles. The van der Waals surface area contributed by atoms with E-state index in [4.69, 9.17) is 0 Å². The van der Waals surface area contributed by atoms with Crippen molar-refractivity contribution in [3.05, 3.63) is 86.0 Å². The summed E-state index contributed by atoms with van der Waals surface area (Å²) in [5, 5.41) is 37.1. The highest BCUT2D eigenvalue weighted by Crippen LogP contribution is 2.25. The normalized spacial score (nSPS) is 10.9. The van der Waals surface area contributed by atoms with E-state index in [0.717, 1.165) is 23.6 Å². The van der Waals surface area contributed by atoms with Crippen LogP contribution in [-0.4, -0.2) is 27.1 Å². The molecule has 0 atom stereocenters. The largest absolute Gasteiger partial charge is 0.507 e. The Balaban J connectivity index is 1.88. The van der Waals surface area contributed by atoms with Gasteiger partial charge in [0.05, 0.1) is 27.7 Å². The highest BCUT2D eigenvalue weighted by Gasteiger charge is 2.19. The van der Waals surface area contributed by atoms with Crippen LogP contribution in [0.15, 0.2) is 59.7 Å². The minimum atomic E-state index is -0.872. The van der Waals surface area contributed by atoms with Gasteiger partial charge < -0.3 is 5.11 Å². The number of rotatable bonds is 5. The number of phenolic OH excluding ortho intramolecular Hbond substituents is 1. The SMILES string of the molecule is O=C(NN=Cc1c(O)ccc2ccccc12)c1cc([N+](=O)[O-])cc([N+](=O)[O-])c1. The second kappa shape index (κ2) is 7.50. The van der Waals surface area contributed by atoms with Crippen LogP contribution in [0.3, 0.4) is 0 Å². The maximum atomic E-state index is 12.2. The number of fused-ring (bicyclic) bond motifs is 1. The smallest absolute Gasteiger partial charge is 0.277 e. The molecule has 28 heavy (non-hydrogen) atoms. The van der Waals surface area contributed by atoms with Crippen molar-refractivity contribution in [1.82, 2.24) is 5.43 Å². The molecule has 0 saturated carbocycles. The Morgan fingerprint density at radius 2 is 1.64 bits per heavy atom. The van der Waals surface area contributed by atoms with Crippen LogP contribution in [0.1, 0.15) is 15.9 Å². The summed E-state index contributed by atoms with van der Waals surface area (Å²) >= 11 is 0. The standard InChI is InChI=1S/C18H12N4O6/c23-17-6-5-11-3-1-2-4-15(11)16(17)10-19-20-18(24)12-7-13(21(25)26)9-14(8-12)22(27)28/h1-10,23H,(H,20,24). The topological polar surface area (TPSA) is 148 Å². The van der Waals surface area contributed by atoms with Gasteiger partial charge in [0, 0.05) is 17.7 Å². The highest BCUT2D eigenvalue weighted by atomic mass is 16.6. The number of aromatic hydroxyl groups is 1. The second-order valence-electron chi connectivity index (χ2n) is 5.67. The van der Waals surface area contributed by atoms with E-state index < -0.39 is 27.1 Å². The van der Waals surface area contributed by atoms with Crippen molar-refractivity contribution in [1.29, 1.82) is 0 Å². The minimum Gasteiger partial charge on any atom is -0.507 e. The summed E-state index contributed by atoms with van der Waals surface area (Å²) in [4.78, 5) is 32.3. The zero-order valence-corrected chi connectivity index (χ0v) is 14.1. The molecule has 140 valence electrons. The summed E-state index contributed by atoms with van der Waals surface area (Å²) in [5.74, 6) is -0.925. The van der Waals surface area contributed by atoms with Gasteiger partial charge in [-0.3, -0.25) is 25.0 Å². The molecule has 0 heterocycles. The third-order valence-corrected chi connectivity index (χ3v) is 3.89. The maximum absolute atomic E-state index is 12.2. The van der Waals surface area contributed by atoms with E-state index in [9.17, 15) is 30.1 Å². The number of carbonyl (C=O) groups is 1. The Morgan fingerprint density at radius 1 is 1.00 bits per heavy atom. The number of nitrogens with one attached hydrogen (secondary N) is 1. The minimum absolute atomic E-state index is 0.0531. The molecule has 0 aromatic heterocycles. The first-order valence-corrected chi connectivity index (χ1v) is 7.85. The average molecular weight is 380 g/mol. The van der Waals surface area contributed by atoms with Crippen LogP contribution in [0.5, 0.6) is 5.75 Å². The van der Waals surface area contributed by atoms with Gasteiger partial charge in [0.1, 0.15) is 5.75 Å². The van der Waals surface area contributed by atoms with Crippen LogP contribution in [0.2, 0.25) is 0 Å². The van der Waals surface area contributed by atoms with E-state index in [1.54, 1.807) is 18.2 Å². The number of carbonyl (C=O) groups excluding carboxylic acids is 1. The van der Waals surface area contributed by atoms with Crippen molar-refractivity contribution in [2.75, 3.05) is 0 Å². The van der Waals surface area contributed by atoms with Crippen LogP contribution in [0.25, 0.3) is 10.8 Å². The number of phenols is 1. The Morgan fingerprint density at radius 3 is 2.29 bits per heavy atom. The maximum Gasteiger partial charge on any atom is 0.277 e. The number of hydrazone groups is 1. The molecule has 0 bridgehead atoms. The zero-order valence-electron chi connectivity index (χ0n) is 14.1. The van der Waals surface area contributed by atoms with Crippen LogP contribution in [0, 0.1) is 20.2 Å². The fourth-order valence-electron chi connectivity index (χ4n) is 2.58. The molecular formula is C18H12N4O6. The molecular weight excluding hydrogens is 368 g/mol. The molecule has 3 aromatic rings. The summed E-state index contributed by atoms with van der Waals surface area (Å²) in [7, 11) is 0. The molecule has 0 aliphatic rings. The van der Waals surface area contributed by atoms with Gasteiger partial charge in [0.2, 0.25) is 0 Å². The summed E-state index contributed by atoms with van der Waals surface area (Å²) in [6.45, 7) is 0. The predicted octanol–water partition coefficient (Wildman–Crippen LogP) is 3.13. The van der Waals surface area contributed by atoms with E-state index >= 15 is 0 Å². The van der Waals surface area contributed by atoms with Crippen molar-refractivity contribution in [2.24, 2.45) is 5.10 Å². The van der Waals surface area contributed by atoms with E-state index in [1.165, 1.54) is 12.3 Å². The Hall–Kier alpha value is -4.34. The number of non-ortho nitro benzene ring substituents is 2. The molecule has 3 aromatic carbocycles. The monoisotopic (exact) mass is 380 g/mol. The number of hydrogen-bond acceptors (Lipinski definition) is 7. The summed E-state index contributed by atoms with van der Waals surface area (Å²) < 4.78 is 0. The molecule has 10 nitrogen and oxygen atoms in total. The number of amides is 1. The summed E-state index contributed by atoms with van der Waals surface area (Å²) in [6, 6.07) is 13.0. The molecule has 10 heteroatoms. The molecule has 0 fully saturated rings. The molecule has 3 rings (SSSR count). The average Bonchev–Trinajstić information content (AvgIpc) is 2.69. The molecule has 0 saturated heterocycles. The Kier molecular flexibility index (Phi) is 4.94. The fourth-order valence-corrected chi connectivity index (χ4v) is 2.58. The first-order chi connectivity index (χ1) is 13.4. The van der Waals surface area contributed by atoms with Crippen LogP contribution >= 0.6 is 0 Å². The van der Waals surface area contributed by atoms with Crippen LogP contribution in [0.4, 0.5) is 11.4 Å². The number of benzene rings is 3. The van der Waals surface area contributed by atoms with Gasteiger partial charge in [-0.2, -0.15) is 5.10 Å². The van der Waals surface area contributed by atoms with Gasteiger partial charge in [-0.25, -0.2) is 5.43 Å². The Bertz CT molecular complexity index is 1110. The molecule has 0 radical (unpaired) electrons. The van der Waals surface area contributed by atoms with Gasteiger partial charge in [0.15, 0.2) is 0 Å². The summed E-state index contributed by atoms with van der Waals surface area (Å²) in [5.41, 5.74) is 1.04. The number of hydrogen-bond donors (Lipinski definition) is 2.